The number of hydrogen-bond acceptors (Lipinski definition) is 4. The summed E-state index contributed by atoms with van der Waals surface area (Å²) in [6, 6.07) is 0.163. The minimum atomic E-state index is 0.163. The summed E-state index contributed by atoms with van der Waals surface area (Å²) in [5.74, 6) is 8.29. The molecule has 104 valence electrons. The van der Waals surface area contributed by atoms with E-state index in [-0.39, 0.29) is 6.04 Å². The average molecular weight is 260 g/mol. The summed E-state index contributed by atoms with van der Waals surface area (Å²) in [7, 11) is 0. The van der Waals surface area contributed by atoms with Crippen LogP contribution >= 0.6 is 0 Å². The van der Waals surface area contributed by atoms with Crippen molar-refractivity contribution in [2.24, 2.45) is 23.6 Å². The Morgan fingerprint density at radius 1 is 1.11 bits per heavy atom. The maximum absolute atomic E-state index is 5.79. The minimum Gasteiger partial charge on any atom is -0.271 e. The maximum atomic E-state index is 5.79. The van der Waals surface area contributed by atoms with Crippen molar-refractivity contribution in [3.05, 3.63) is 24.3 Å². The lowest BCUT2D eigenvalue weighted by Gasteiger charge is -2.41. The van der Waals surface area contributed by atoms with Crippen molar-refractivity contribution in [3.63, 3.8) is 0 Å². The number of aromatic nitrogens is 2. The zero-order chi connectivity index (χ0) is 13.1. The Kier molecular flexibility index (Phi) is 4.09. The van der Waals surface area contributed by atoms with Crippen LogP contribution in [-0.2, 0) is 0 Å². The molecule has 1 heterocycles. The van der Waals surface area contributed by atoms with E-state index in [9.17, 15) is 0 Å². The fraction of sp³-hybridized carbons (Fsp3) is 0.733. The summed E-state index contributed by atoms with van der Waals surface area (Å²) in [4.78, 5) is 8.60. The molecular weight excluding hydrogens is 236 g/mol. The van der Waals surface area contributed by atoms with Crippen LogP contribution in [-0.4, -0.2) is 9.97 Å². The molecule has 0 aliphatic heterocycles. The summed E-state index contributed by atoms with van der Waals surface area (Å²) >= 11 is 0. The second-order valence-electron chi connectivity index (χ2n) is 6.15. The normalized spacial score (nSPS) is 32.6. The second-order valence-corrected chi connectivity index (χ2v) is 6.15. The molecule has 0 saturated heterocycles. The van der Waals surface area contributed by atoms with Crippen molar-refractivity contribution < 1.29 is 0 Å². The molecule has 4 atom stereocenters. The molecule has 0 aromatic carbocycles. The van der Waals surface area contributed by atoms with E-state index < -0.39 is 0 Å². The van der Waals surface area contributed by atoms with E-state index in [2.05, 4.69) is 15.4 Å². The fourth-order valence-electron chi connectivity index (χ4n) is 4.15. The summed E-state index contributed by atoms with van der Waals surface area (Å²) in [6.45, 7) is 0. The molecule has 3 N–H and O–H groups in total. The van der Waals surface area contributed by atoms with Gasteiger partial charge in [0.05, 0.1) is 17.9 Å². The lowest BCUT2D eigenvalue weighted by molar-refractivity contribution is 0.108. The molecule has 0 radical (unpaired) electrons. The molecule has 0 amide bonds. The van der Waals surface area contributed by atoms with Crippen molar-refractivity contribution in [1.82, 2.24) is 15.4 Å². The van der Waals surface area contributed by atoms with Crippen molar-refractivity contribution in [2.45, 2.75) is 51.0 Å². The first-order chi connectivity index (χ1) is 9.38. The average Bonchev–Trinajstić information content (AvgIpc) is 2.49. The number of hydrogen-bond donors (Lipinski definition) is 2. The third-order valence-corrected chi connectivity index (χ3v) is 5.13. The number of hydrazine groups is 1. The van der Waals surface area contributed by atoms with Gasteiger partial charge < -0.3 is 0 Å². The number of nitrogens with one attached hydrogen (secondary N) is 1. The zero-order valence-electron chi connectivity index (χ0n) is 11.5. The van der Waals surface area contributed by atoms with E-state index in [1.807, 2.05) is 6.20 Å². The van der Waals surface area contributed by atoms with E-state index >= 15 is 0 Å². The molecular formula is C15H24N4. The summed E-state index contributed by atoms with van der Waals surface area (Å²) in [5, 5.41) is 0. The van der Waals surface area contributed by atoms with Gasteiger partial charge in [-0.3, -0.25) is 21.2 Å². The topological polar surface area (TPSA) is 63.8 Å². The van der Waals surface area contributed by atoms with Crippen LogP contribution in [0.4, 0.5) is 0 Å². The van der Waals surface area contributed by atoms with Crippen LogP contribution in [0.15, 0.2) is 18.6 Å². The number of fused-ring (bicyclic) bond motifs is 1. The first-order valence-electron chi connectivity index (χ1n) is 7.60. The Hall–Kier alpha value is -1.00. The lowest BCUT2D eigenvalue weighted by atomic mass is 9.66. The highest BCUT2D eigenvalue weighted by molar-refractivity contribution is 5.05. The third-order valence-electron chi connectivity index (χ3n) is 5.13. The maximum Gasteiger partial charge on any atom is 0.0772 e. The molecule has 2 aliphatic rings. The molecule has 4 nitrogen and oxygen atoms in total. The van der Waals surface area contributed by atoms with Gasteiger partial charge in [-0.25, -0.2) is 0 Å². The first kappa shape index (κ1) is 13.0. The van der Waals surface area contributed by atoms with Crippen molar-refractivity contribution in [2.75, 3.05) is 0 Å². The number of nitrogens with zero attached hydrogens (tertiary/aromatic N) is 2. The number of nitrogens with two attached hydrogens (primary N) is 1. The van der Waals surface area contributed by atoms with Gasteiger partial charge in [0.2, 0.25) is 0 Å². The van der Waals surface area contributed by atoms with Gasteiger partial charge >= 0.3 is 0 Å². The second kappa shape index (κ2) is 5.97. The first-order valence-corrected chi connectivity index (χ1v) is 7.60. The van der Waals surface area contributed by atoms with Crippen LogP contribution in [0.2, 0.25) is 0 Å². The molecule has 1 aromatic heterocycles. The summed E-state index contributed by atoms with van der Waals surface area (Å²) < 4.78 is 0. The van der Waals surface area contributed by atoms with E-state index in [0.717, 1.165) is 17.5 Å². The van der Waals surface area contributed by atoms with Crippen LogP contribution in [0.1, 0.15) is 56.7 Å². The Bertz CT molecular complexity index is 394. The van der Waals surface area contributed by atoms with Gasteiger partial charge in [0, 0.05) is 12.4 Å². The molecule has 2 aliphatic carbocycles. The van der Waals surface area contributed by atoms with Crippen LogP contribution in [0, 0.1) is 17.8 Å². The predicted octanol–water partition coefficient (Wildman–Crippen LogP) is 2.59. The quantitative estimate of drug-likeness (QED) is 0.647. The van der Waals surface area contributed by atoms with Gasteiger partial charge in [-0.05, 0) is 37.0 Å². The van der Waals surface area contributed by atoms with Gasteiger partial charge in [0.1, 0.15) is 0 Å². The summed E-state index contributed by atoms with van der Waals surface area (Å²) in [5.41, 5.74) is 3.97. The van der Waals surface area contributed by atoms with E-state index in [1.54, 1.807) is 12.4 Å². The van der Waals surface area contributed by atoms with Gasteiger partial charge in [-0.15, -0.1) is 0 Å². The molecule has 4 heteroatoms. The summed E-state index contributed by atoms with van der Waals surface area (Å²) in [6.07, 6.45) is 15.0. The Balaban J connectivity index is 1.70. The lowest BCUT2D eigenvalue weighted by Crippen LogP contribution is -2.38. The molecule has 2 fully saturated rings. The fourth-order valence-corrected chi connectivity index (χ4v) is 4.15. The highest BCUT2D eigenvalue weighted by Gasteiger charge is 2.36. The minimum absolute atomic E-state index is 0.163. The van der Waals surface area contributed by atoms with E-state index in [1.165, 1.54) is 44.9 Å². The largest absolute Gasteiger partial charge is 0.271 e. The van der Waals surface area contributed by atoms with Crippen LogP contribution in [0.25, 0.3) is 0 Å². The van der Waals surface area contributed by atoms with Gasteiger partial charge in [0.15, 0.2) is 0 Å². The van der Waals surface area contributed by atoms with Crippen molar-refractivity contribution >= 4 is 0 Å². The third kappa shape index (κ3) is 2.79. The molecule has 0 spiro atoms. The monoisotopic (exact) mass is 260 g/mol. The molecule has 4 unspecified atom stereocenters. The van der Waals surface area contributed by atoms with Gasteiger partial charge in [-0.1, -0.05) is 25.7 Å². The number of rotatable bonds is 3. The smallest absolute Gasteiger partial charge is 0.0772 e. The van der Waals surface area contributed by atoms with Crippen LogP contribution in [0.5, 0.6) is 0 Å². The standard InChI is InChI=1S/C15H24N4/c16-19-15(14-10-17-7-8-18-14)13-6-5-11-3-1-2-4-12(11)9-13/h7-8,10-13,15,19H,1-6,9,16H2. The van der Waals surface area contributed by atoms with E-state index in [0.29, 0.717) is 5.92 Å². The van der Waals surface area contributed by atoms with Crippen molar-refractivity contribution in [3.8, 4) is 0 Å². The van der Waals surface area contributed by atoms with E-state index in [4.69, 9.17) is 5.84 Å². The molecule has 2 saturated carbocycles. The Morgan fingerprint density at radius 2 is 1.95 bits per heavy atom. The van der Waals surface area contributed by atoms with Gasteiger partial charge in [0.25, 0.3) is 0 Å². The highest BCUT2D eigenvalue weighted by atomic mass is 15.2. The zero-order valence-corrected chi connectivity index (χ0v) is 11.5. The van der Waals surface area contributed by atoms with Crippen molar-refractivity contribution in [1.29, 1.82) is 0 Å². The van der Waals surface area contributed by atoms with Crippen LogP contribution in [0.3, 0.4) is 0 Å². The Morgan fingerprint density at radius 3 is 2.68 bits per heavy atom. The SMILES string of the molecule is NNC(c1cnccn1)C1CCC2CCCCC2C1. The van der Waals surface area contributed by atoms with Crippen LogP contribution < -0.4 is 11.3 Å². The predicted molar refractivity (Wildman–Crippen MR) is 74.9 cm³/mol. The molecule has 1 aromatic rings. The highest BCUT2D eigenvalue weighted by Crippen LogP contribution is 2.45. The molecule has 3 rings (SSSR count). The van der Waals surface area contributed by atoms with Gasteiger partial charge in [-0.2, -0.15) is 0 Å². The molecule has 0 bridgehead atoms. The molecule has 19 heavy (non-hydrogen) atoms. The Labute approximate surface area is 115 Å².